The summed E-state index contributed by atoms with van der Waals surface area (Å²) in [6.07, 6.45) is 0. The van der Waals surface area contributed by atoms with Crippen molar-refractivity contribution in [1.82, 2.24) is 14.4 Å². The molecule has 0 unspecified atom stereocenters. The van der Waals surface area contributed by atoms with Gasteiger partial charge in [-0.05, 0) is 42.3 Å². The average molecular weight is 440 g/mol. The number of hydrogen-bond donors (Lipinski definition) is 0. The van der Waals surface area contributed by atoms with Crippen LogP contribution in [0.1, 0.15) is 22.8 Å². The number of carbonyl (C=O) groups excluding carboxylic acids is 2. The Morgan fingerprint density at radius 3 is 2.18 bits per heavy atom. The third-order valence-electron chi connectivity index (χ3n) is 5.89. The normalized spacial score (nSPS) is 10.9. The summed E-state index contributed by atoms with van der Waals surface area (Å²) in [5.74, 6) is 0.0300. The number of amides is 2. The second-order valence-corrected chi connectivity index (χ2v) is 8.34. The summed E-state index contributed by atoms with van der Waals surface area (Å²) >= 11 is 0. The molecule has 5 heteroatoms. The largest absolute Gasteiger partial charge is 0.345 e. The quantitative estimate of drug-likeness (QED) is 0.404. The van der Waals surface area contributed by atoms with Gasteiger partial charge in [-0.1, -0.05) is 60.7 Å². The minimum absolute atomic E-state index is 0.0297. The maximum atomic E-state index is 13.4. The SMILES string of the molecule is CCN(Cc1ccc(C(=O)N(C)C)cc1)C(=O)Cn1c(-c2ccccc2)cc2ccccc21. The van der Waals surface area contributed by atoms with Crippen LogP contribution in [-0.4, -0.2) is 46.8 Å². The van der Waals surface area contributed by atoms with Crippen LogP contribution in [0.15, 0.2) is 84.9 Å². The number of para-hydroxylation sites is 1. The van der Waals surface area contributed by atoms with Gasteiger partial charge in [0.2, 0.25) is 5.91 Å². The van der Waals surface area contributed by atoms with Crippen LogP contribution >= 0.6 is 0 Å². The maximum absolute atomic E-state index is 13.4. The summed E-state index contributed by atoms with van der Waals surface area (Å²) in [6.45, 7) is 3.37. The molecule has 4 aromatic rings. The molecule has 2 amide bonds. The first-order chi connectivity index (χ1) is 16.0. The molecule has 0 fully saturated rings. The highest BCUT2D eigenvalue weighted by Gasteiger charge is 2.18. The third-order valence-corrected chi connectivity index (χ3v) is 5.89. The van der Waals surface area contributed by atoms with Crippen molar-refractivity contribution >= 4 is 22.7 Å². The van der Waals surface area contributed by atoms with E-state index in [1.165, 1.54) is 0 Å². The van der Waals surface area contributed by atoms with E-state index in [1.54, 1.807) is 19.0 Å². The lowest BCUT2D eigenvalue weighted by atomic mass is 10.1. The molecular weight excluding hydrogens is 410 g/mol. The van der Waals surface area contributed by atoms with Gasteiger partial charge in [0.15, 0.2) is 0 Å². The van der Waals surface area contributed by atoms with Crippen LogP contribution in [0.3, 0.4) is 0 Å². The fourth-order valence-electron chi connectivity index (χ4n) is 4.07. The molecule has 0 radical (unpaired) electrons. The summed E-state index contributed by atoms with van der Waals surface area (Å²) in [5, 5.41) is 1.12. The predicted molar refractivity (Wildman–Crippen MR) is 133 cm³/mol. The van der Waals surface area contributed by atoms with Gasteiger partial charge < -0.3 is 14.4 Å². The van der Waals surface area contributed by atoms with Crippen LogP contribution in [0.25, 0.3) is 22.2 Å². The van der Waals surface area contributed by atoms with E-state index in [9.17, 15) is 9.59 Å². The summed E-state index contributed by atoms with van der Waals surface area (Å²) < 4.78 is 2.11. The number of fused-ring (bicyclic) bond motifs is 1. The Kier molecular flexibility index (Phi) is 6.59. The van der Waals surface area contributed by atoms with Crippen molar-refractivity contribution in [2.45, 2.75) is 20.0 Å². The third kappa shape index (κ3) is 4.82. The van der Waals surface area contributed by atoms with E-state index in [0.29, 0.717) is 18.7 Å². The predicted octanol–water partition coefficient (Wildman–Crippen LogP) is 5.06. The Labute approximate surface area is 194 Å². The lowest BCUT2D eigenvalue weighted by Gasteiger charge is -2.23. The molecule has 168 valence electrons. The molecule has 1 aromatic heterocycles. The minimum Gasteiger partial charge on any atom is -0.345 e. The van der Waals surface area contributed by atoms with Gasteiger partial charge in [0.05, 0.1) is 0 Å². The molecule has 0 bridgehead atoms. The molecule has 0 spiro atoms. The van der Waals surface area contributed by atoms with E-state index in [0.717, 1.165) is 27.7 Å². The highest BCUT2D eigenvalue weighted by atomic mass is 16.2. The first kappa shape index (κ1) is 22.3. The lowest BCUT2D eigenvalue weighted by molar-refractivity contribution is -0.132. The highest BCUT2D eigenvalue weighted by Crippen LogP contribution is 2.28. The second-order valence-electron chi connectivity index (χ2n) is 8.34. The van der Waals surface area contributed by atoms with E-state index < -0.39 is 0 Å². The highest BCUT2D eigenvalue weighted by molar-refractivity contribution is 5.94. The number of likely N-dealkylation sites (N-methyl/N-ethyl adjacent to an activating group) is 1. The molecule has 0 atom stereocenters. The van der Waals surface area contributed by atoms with Gasteiger partial charge >= 0.3 is 0 Å². The monoisotopic (exact) mass is 439 g/mol. The molecule has 4 rings (SSSR count). The van der Waals surface area contributed by atoms with Crippen molar-refractivity contribution in [2.24, 2.45) is 0 Å². The topological polar surface area (TPSA) is 45.6 Å². The molecule has 0 aliphatic carbocycles. The van der Waals surface area contributed by atoms with Crippen LogP contribution < -0.4 is 0 Å². The fourth-order valence-corrected chi connectivity index (χ4v) is 4.07. The lowest BCUT2D eigenvalue weighted by Crippen LogP contribution is -2.33. The van der Waals surface area contributed by atoms with Crippen LogP contribution in [0.5, 0.6) is 0 Å². The summed E-state index contributed by atoms with van der Waals surface area (Å²) in [5.41, 5.74) is 4.82. The van der Waals surface area contributed by atoms with E-state index >= 15 is 0 Å². The minimum atomic E-state index is -0.0297. The number of nitrogens with zero attached hydrogens (tertiary/aromatic N) is 3. The Hall–Kier alpha value is -3.86. The Morgan fingerprint density at radius 1 is 0.848 bits per heavy atom. The zero-order valence-electron chi connectivity index (χ0n) is 19.4. The number of carbonyl (C=O) groups is 2. The maximum Gasteiger partial charge on any atom is 0.253 e. The van der Waals surface area contributed by atoms with Gasteiger partial charge in [0, 0.05) is 49.3 Å². The summed E-state index contributed by atoms with van der Waals surface area (Å²) in [4.78, 5) is 28.9. The molecule has 1 heterocycles. The van der Waals surface area contributed by atoms with Crippen LogP contribution in [-0.2, 0) is 17.9 Å². The van der Waals surface area contributed by atoms with Crippen molar-refractivity contribution in [1.29, 1.82) is 0 Å². The second kappa shape index (κ2) is 9.74. The van der Waals surface area contributed by atoms with Crippen LogP contribution in [0.2, 0.25) is 0 Å². The molecule has 0 N–H and O–H groups in total. The number of rotatable bonds is 7. The van der Waals surface area contributed by atoms with Crippen LogP contribution in [0, 0.1) is 0 Å². The van der Waals surface area contributed by atoms with E-state index in [-0.39, 0.29) is 18.4 Å². The van der Waals surface area contributed by atoms with Crippen molar-refractivity contribution in [3.63, 3.8) is 0 Å². The molecule has 0 saturated carbocycles. The van der Waals surface area contributed by atoms with Crippen molar-refractivity contribution in [3.8, 4) is 11.3 Å². The smallest absolute Gasteiger partial charge is 0.253 e. The van der Waals surface area contributed by atoms with Gasteiger partial charge in [0.1, 0.15) is 6.54 Å². The van der Waals surface area contributed by atoms with Gasteiger partial charge in [-0.25, -0.2) is 0 Å². The Morgan fingerprint density at radius 2 is 1.52 bits per heavy atom. The molecule has 0 saturated heterocycles. The first-order valence-corrected chi connectivity index (χ1v) is 11.2. The molecular formula is C28H29N3O2. The van der Waals surface area contributed by atoms with Crippen molar-refractivity contribution in [3.05, 3.63) is 96.1 Å². The molecule has 5 nitrogen and oxygen atoms in total. The Balaban J connectivity index is 1.58. The fraction of sp³-hybridized carbons (Fsp3) is 0.214. The molecule has 33 heavy (non-hydrogen) atoms. The molecule has 3 aromatic carbocycles. The van der Waals surface area contributed by atoms with E-state index in [1.807, 2.05) is 66.4 Å². The van der Waals surface area contributed by atoms with Gasteiger partial charge in [0.25, 0.3) is 5.91 Å². The van der Waals surface area contributed by atoms with Gasteiger partial charge in [-0.15, -0.1) is 0 Å². The number of hydrogen-bond acceptors (Lipinski definition) is 2. The zero-order valence-corrected chi connectivity index (χ0v) is 19.4. The van der Waals surface area contributed by atoms with Crippen molar-refractivity contribution < 1.29 is 9.59 Å². The van der Waals surface area contributed by atoms with Gasteiger partial charge in [-0.3, -0.25) is 9.59 Å². The summed E-state index contributed by atoms with van der Waals surface area (Å²) in [6, 6.07) is 28.0. The van der Waals surface area contributed by atoms with E-state index in [2.05, 4.69) is 34.9 Å². The standard InChI is InChI=1S/C28H29N3O2/c1-4-30(19-21-14-16-23(17-15-21)28(33)29(2)3)27(32)20-31-25-13-9-8-12-24(25)18-26(31)22-10-6-5-7-11-22/h5-18H,4,19-20H2,1-3H3. The number of benzene rings is 3. The zero-order chi connectivity index (χ0) is 23.4. The average Bonchev–Trinajstić information content (AvgIpc) is 3.21. The summed E-state index contributed by atoms with van der Waals surface area (Å²) in [7, 11) is 3.48. The van der Waals surface area contributed by atoms with E-state index in [4.69, 9.17) is 0 Å². The number of aromatic nitrogens is 1. The van der Waals surface area contributed by atoms with Crippen LogP contribution in [0.4, 0.5) is 0 Å². The van der Waals surface area contributed by atoms with Gasteiger partial charge in [-0.2, -0.15) is 0 Å². The Bertz CT molecular complexity index is 1260. The molecule has 0 aliphatic rings. The van der Waals surface area contributed by atoms with Crippen molar-refractivity contribution in [2.75, 3.05) is 20.6 Å². The first-order valence-electron chi connectivity index (χ1n) is 11.2. The molecule has 0 aliphatic heterocycles.